The van der Waals surface area contributed by atoms with E-state index in [0.717, 1.165) is 11.1 Å². The van der Waals surface area contributed by atoms with Gasteiger partial charge in [-0.15, -0.1) is 0 Å². The molecular weight excluding hydrogens is 262 g/mol. The van der Waals surface area contributed by atoms with Crippen LogP contribution < -0.4 is 5.32 Å². The number of rotatable bonds is 5. The molecule has 1 aromatic rings. The fraction of sp³-hybridized carbons (Fsp3) is 0.400. The summed E-state index contributed by atoms with van der Waals surface area (Å²) in [6.07, 6.45) is 3.72. The summed E-state index contributed by atoms with van der Waals surface area (Å²) < 4.78 is 0. The second kappa shape index (κ2) is 6.73. The number of amides is 1. The fourth-order valence-electron chi connectivity index (χ4n) is 1.35. The van der Waals surface area contributed by atoms with E-state index in [4.69, 9.17) is 11.6 Å². The van der Waals surface area contributed by atoms with Crippen molar-refractivity contribution in [2.24, 2.45) is 0 Å². The van der Waals surface area contributed by atoms with Gasteiger partial charge in [0.05, 0.1) is 5.60 Å². The van der Waals surface area contributed by atoms with Crippen LogP contribution in [0.15, 0.2) is 24.3 Å². The van der Waals surface area contributed by atoms with Crippen molar-refractivity contribution >= 4 is 23.6 Å². The Kier molecular flexibility index (Phi) is 5.58. The third kappa shape index (κ3) is 5.45. The lowest BCUT2D eigenvalue weighted by atomic mass is 10.0. The molecule has 1 aromatic carbocycles. The number of carbonyl (C=O) groups excluding carboxylic acids is 1. The molecule has 0 fully saturated rings. The maximum absolute atomic E-state index is 11.6. The van der Waals surface area contributed by atoms with Crippen molar-refractivity contribution in [3.63, 3.8) is 0 Å². The number of aliphatic hydroxyl groups is 1. The van der Waals surface area contributed by atoms with Gasteiger partial charge in [0.1, 0.15) is 0 Å². The zero-order valence-corrected chi connectivity index (χ0v) is 12.3. The van der Waals surface area contributed by atoms with Crippen molar-refractivity contribution in [1.82, 2.24) is 5.32 Å². The molecule has 104 valence electrons. The van der Waals surface area contributed by atoms with Crippen LogP contribution in [0.25, 0.3) is 6.08 Å². The molecule has 1 rings (SSSR count). The summed E-state index contributed by atoms with van der Waals surface area (Å²) in [6, 6.07) is 5.61. The van der Waals surface area contributed by atoms with Crippen LogP contribution in [0.2, 0.25) is 5.02 Å². The molecule has 0 spiro atoms. The van der Waals surface area contributed by atoms with Gasteiger partial charge in [0, 0.05) is 17.6 Å². The van der Waals surface area contributed by atoms with Crippen molar-refractivity contribution in [1.29, 1.82) is 0 Å². The van der Waals surface area contributed by atoms with E-state index < -0.39 is 5.60 Å². The first kappa shape index (κ1) is 15.7. The summed E-state index contributed by atoms with van der Waals surface area (Å²) in [6.45, 7) is 5.73. The highest BCUT2D eigenvalue weighted by Gasteiger charge is 2.17. The summed E-state index contributed by atoms with van der Waals surface area (Å²) >= 11 is 6.00. The molecule has 0 heterocycles. The standard InChI is InChI=1S/C15H20ClNO2/c1-4-15(3,19)10-17-14(18)8-7-12-6-5-11(2)13(16)9-12/h5-9,19H,4,10H2,1-3H3,(H,17,18). The van der Waals surface area contributed by atoms with Crippen molar-refractivity contribution in [2.75, 3.05) is 6.54 Å². The highest BCUT2D eigenvalue weighted by atomic mass is 35.5. The normalized spacial score (nSPS) is 14.4. The van der Waals surface area contributed by atoms with E-state index in [1.54, 1.807) is 13.0 Å². The topological polar surface area (TPSA) is 49.3 Å². The number of hydrogen-bond acceptors (Lipinski definition) is 2. The molecule has 1 atom stereocenters. The molecule has 0 aliphatic rings. The lowest BCUT2D eigenvalue weighted by molar-refractivity contribution is -0.117. The molecule has 4 heteroatoms. The second-order valence-electron chi connectivity index (χ2n) is 4.91. The van der Waals surface area contributed by atoms with Crippen LogP contribution in [0.1, 0.15) is 31.4 Å². The van der Waals surface area contributed by atoms with Crippen LogP contribution in [0.3, 0.4) is 0 Å². The minimum absolute atomic E-state index is 0.231. The van der Waals surface area contributed by atoms with Gasteiger partial charge in [0.2, 0.25) is 5.91 Å². The predicted molar refractivity (Wildman–Crippen MR) is 79.1 cm³/mol. The number of benzene rings is 1. The van der Waals surface area contributed by atoms with E-state index in [-0.39, 0.29) is 12.5 Å². The molecule has 0 bridgehead atoms. The molecule has 0 saturated heterocycles. The van der Waals surface area contributed by atoms with Crippen LogP contribution in [0.5, 0.6) is 0 Å². The van der Waals surface area contributed by atoms with Gasteiger partial charge in [-0.3, -0.25) is 4.79 Å². The first-order valence-electron chi connectivity index (χ1n) is 6.28. The summed E-state index contributed by atoms with van der Waals surface area (Å²) in [4.78, 5) is 11.6. The number of halogens is 1. The van der Waals surface area contributed by atoms with Gasteiger partial charge in [-0.25, -0.2) is 0 Å². The smallest absolute Gasteiger partial charge is 0.244 e. The molecule has 0 radical (unpaired) electrons. The Bertz CT molecular complexity index is 481. The van der Waals surface area contributed by atoms with E-state index >= 15 is 0 Å². The van der Waals surface area contributed by atoms with Crippen molar-refractivity contribution in [2.45, 2.75) is 32.8 Å². The number of aryl methyl sites for hydroxylation is 1. The SMILES string of the molecule is CCC(C)(O)CNC(=O)C=Cc1ccc(C)c(Cl)c1. The van der Waals surface area contributed by atoms with Crippen molar-refractivity contribution in [3.05, 3.63) is 40.4 Å². The lowest BCUT2D eigenvalue weighted by Gasteiger charge is -2.20. The Morgan fingerprint density at radius 2 is 2.21 bits per heavy atom. The van der Waals surface area contributed by atoms with Gasteiger partial charge in [-0.1, -0.05) is 30.7 Å². The number of carbonyl (C=O) groups is 1. The molecule has 3 nitrogen and oxygen atoms in total. The Morgan fingerprint density at radius 1 is 1.53 bits per heavy atom. The minimum Gasteiger partial charge on any atom is -0.388 e. The number of nitrogens with one attached hydrogen (secondary N) is 1. The first-order valence-corrected chi connectivity index (χ1v) is 6.66. The molecule has 0 saturated carbocycles. The summed E-state index contributed by atoms with van der Waals surface area (Å²) in [5.41, 5.74) is 1.01. The molecule has 2 N–H and O–H groups in total. The average Bonchev–Trinajstić information content (AvgIpc) is 2.38. The summed E-state index contributed by atoms with van der Waals surface area (Å²) in [7, 11) is 0. The molecule has 1 unspecified atom stereocenters. The summed E-state index contributed by atoms with van der Waals surface area (Å²) in [5.74, 6) is -0.231. The van der Waals surface area contributed by atoms with E-state index in [1.807, 2.05) is 32.0 Å². The van der Waals surface area contributed by atoms with Crippen LogP contribution in [0.4, 0.5) is 0 Å². The molecule has 0 aliphatic heterocycles. The van der Waals surface area contributed by atoms with E-state index in [9.17, 15) is 9.90 Å². The third-order valence-electron chi connectivity index (χ3n) is 3.03. The van der Waals surface area contributed by atoms with Gasteiger partial charge in [-0.05, 0) is 43.5 Å². The predicted octanol–water partition coefficient (Wildman–Crippen LogP) is 2.94. The van der Waals surface area contributed by atoms with E-state index in [1.165, 1.54) is 6.08 Å². The zero-order chi connectivity index (χ0) is 14.5. The highest BCUT2D eigenvalue weighted by Crippen LogP contribution is 2.17. The Balaban J connectivity index is 2.56. The van der Waals surface area contributed by atoms with Gasteiger partial charge in [-0.2, -0.15) is 0 Å². The van der Waals surface area contributed by atoms with Crippen molar-refractivity contribution < 1.29 is 9.90 Å². The second-order valence-corrected chi connectivity index (χ2v) is 5.32. The largest absolute Gasteiger partial charge is 0.388 e. The highest BCUT2D eigenvalue weighted by molar-refractivity contribution is 6.31. The summed E-state index contributed by atoms with van der Waals surface area (Å²) in [5, 5.41) is 13.1. The van der Waals surface area contributed by atoms with Gasteiger partial charge >= 0.3 is 0 Å². The van der Waals surface area contributed by atoms with Crippen LogP contribution in [0, 0.1) is 6.92 Å². The number of hydrogen-bond donors (Lipinski definition) is 2. The minimum atomic E-state index is -0.864. The average molecular weight is 282 g/mol. The lowest BCUT2D eigenvalue weighted by Crippen LogP contribution is -2.39. The molecule has 0 aliphatic carbocycles. The molecule has 19 heavy (non-hydrogen) atoms. The Hall–Kier alpha value is -1.32. The van der Waals surface area contributed by atoms with Gasteiger partial charge in [0.15, 0.2) is 0 Å². The van der Waals surface area contributed by atoms with E-state index in [0.29, 0.717) is 11.4 Å². The molecular formula is C15H20ClNO2. The van der Waals surface area contributed by atoms with Crippen molar-refractivity contribution in [3.8, 4) is 0 Å². The molecule has 0 aromatic heterocycles. The van der Waals surface area contributed by atoms with Gasteiger partial charge < -0.3 is 10.4 Å². The van der Waals surface area contributed by atoms with Crippen LogP contribution in [-0.2, 0) is 4.79 Å². The quantitative estimate of drug-likeness (QED) is 0.815. The third-order valence-corrected chi connectivity index (χ3v) is 3.44. The maximum Gasteiger partial charge on any atom is 0.244 e. The maximum atomic E-state index is 11.6. The van der Waals surface area contributed by atoms with E-state index in [2.05, 4.69) is 5.32 Å². The Labute approximate surface area is 119 Å². The zero-order valence-electron chi connectivity index (χ0n) is 11.5. The van der Waals surface area contributed by atoms with Crippen LogP contribution in [-0.4, -0.2) is 23.2 Å². The molecule has 1 amide bonds. The fourth-order valence-corrected chi connectivity index (χ4v) is 1.54. The first-order chi connectivity index (χ1) is 8.84. The monoisotopic (exact) mass is 281 g/mol. The Morgan fingerprint density at radius 3 is 2.79 bits per heavy atom. The van der Waals surface area contributed by atoms with Gasteiger partial charge in [0.25, 0.3) is 0 Å². The van der Waals surface area contributed by atoms with Crippen LogP contribution >= 0.6 is 11.6 Å².